The molecule has 2 aromatic rings. The fourth-order valence-electron chi connectivity index (χ4n) is 3.07. The van der Waals surface area contributed by atoms with Crippen LogP contribution >= 0.6 is 0 Å². The van der Waals surface area contributed by atoms with Crippen LogP contribution in [0, 0.1) is 6.92 Å². The summed E-state index contributed by atoms with van der Waals surface area (Å²) in [5, 5.41) is 0. The number of anilines is 1. The zero-order chi connectivity index (χ0) is 18.4. The molecule has 3 rings (SSSR count). The van der Waals surface area contributed by atoms with Crippen LogP contribution in [0.2, 0.25) is 0 Å². The maximum Gasteiger partial charge on any atom is 0.0488 e. The fraction of sp³-hybridized carbons (Fsp3) is 0.120. The van der Waals surface area contributed by atoms with E-state index in [1.165, 1.54) is 28.0 Å². The SMILES string of the molecule is C=C1/C=C\C(c2cccc(C)c2)=C/N(C/C=C\C=C/C)c2ccccc21. The normalized spacial score (nSPS) is 17.7. The van der Waals surface area contributed by atoms with Gasteiger partial charge >= 0.3 is 0 Å². The van der Waals surface area contributed by atoms with Crippen molar-refractivity contribution >= 4 is 16.8 Å². The summed E-state index contributed by atoms with van der Waals surface area (Å²) in [5.41, 5.74) is 7.04. The molecule has 0 fully saturated rings. The van der Waals surface area contributed by atoms with Crippen LogP contribution in [0.15, 0.2) is 97.8 Å². The number of aryl methyl sites for hydroxylation is 1. The average molecular weight is 339 g/mol. The van der Waals surface area contributed by atoms with E-state index in [0.29, 0.717) is 0 Å². The zero-order valence-corrected chi connectivity index (χ0v) is 15.5. The molecule has 26 heavy (non-hydrogen) atoms. The first-order valence-corrected chi connectivity index (χ1v) is 8.99. The summed E-state index contributed by atoms with van der Waals surface area (Å²) in [6.45, 7) is 9.24. The molecule has 0 amide bonds. The summed E-state index contributed by atoms with van der Waals surface area (Å²) >= 11 is 0. The van der Waals surface area contributed by atoms with E-state index in [1.54, 1.807) is 0 Å². The van der Waals surface area contributed by atoms with Crippen LogP contribution in [0.3, 0.4) is 0 Å². The lowest BCUT2D eigenvalue weighted by atomic mass is 9.98. The molecule has 0 saturated heterocycles. The molecule has 1 aliphatic heterocycles. The van der Waals surface area contributed by atoms with Gasteiger partial charge in [0.1, 0.15) is 0 Å². The molecule has 1 nitrogen and oxygen atoms in total. The third-order valence-electron chi connectivity index (χ3n) is 4.41. The fourth-order valence-corrected chi connectivity index (χ4v) is 3.07. The summed E-state index contributed by atoms with van der Waals surface area (Å²) in [5.74, 6) is 0. The van der Waals surface area contributed by atoms with E-state index in [2.05, 4.69) is 104 Å². The summed E-state index contributed by atoms with van der Waals surface area (Å²) in [7, 11) is 0. The summed E-state index contributed by atoms with van der Waals surface area (Å²) in [6.07, 6.45) is 14.9. The molecule has 0 unspecified atom stereocenters. The van der Waals surface area contributed by atoms with Crippen molar-refractivity contribution in [2.75, 3.05) is 11.4 Å². The predicted octanol–water partition coefficient (Wildman–Crippen LogP) is 6.56. The Morgan fingerprint density at radius 2 is 1.85 bits per heavy atom. The van der Waals surface area contributed by atoms with Gasteiger partial charge in [0.15, 0.2) is 0 Å². The van der Waals surface area contributed by atoms with E-state index >= 15 is 0 Å². The van der Waals surface area contributed by atoms with E-state index in [9.17, 15) is 0 Å². The van der Waals surface area contributed by atoms with Crippen molar-refractivity contribution in [2.45, 2.75) is 13.8 Å². The van der Waals surface area contributed by atoms with Crippen molar-refractivity contribution in [2.24, 2.45) is 0 Å². The highest BCUT2D eigenvalue weighted by Crippen LogP contribution is 2.32. The first kappa shape index (κ1) is 17.8. The van der Waals surface area contributed by atoms with E-state index in [4.69, 9.17) is 0 Å². The molecule has 0 aliphatic carbocycles. The topological polar surface area (TPSA) is 3.24 Å². The molecule has 2 aromatic carbocycles. The van der Waals surface area contributed by atoms with Crippen LogP contribution in [0.1, 0.15) is 23.6 Å². The van der Waals surface area contributed by atoms with Gasteiger partial charge in [-0.15, -0.1) is 0 Å². The van der Waals surface area contributed by atoms with Crippen LogP contribution in [-0.4, -0.2) is 6.54 Å². The minimum absolute atomic E-state index is 0.803. The second kappa shape index (κ2) is 8.35. The van der Waals surface area contributed by atoms with Crippen molar-refractivity contribution in [3.8, 4) is 0 Å². The number of hydrogen-bond donors (Lipinski definition) is 0. The molecule has 0 saturated carbocycles. The molecule has 0 bridgehead atoms. The highest BCUT2D eigenvalue weighted by molar-refractivity contribution is 5.88. The van der Waals surface area contributed by atoms with Crippen molar-refractivity contribution in [3.05, 3.63) is 114 Å². The van der Waals surface area contributed by atoms with Gasteiger partial charge in [0.25, 0.3) is 0 Å². The molecule has 1 aliphatic rings. The highest BCUT2D eigenvalue weighted by atomic mass is 15.1. The zero-order valence-electron chi connectivity index (χ0n) is 15.5. The monoisotopic (exact) mass is 339 g/mol. The van der Waals surface area contributed by atoms with Crippen LogP contribution in [-0.2, 0) is 0 Å². The molecule has 1 heterocycles. The van der Waals surface area contributed by atoms with Gasteiger partial charge in [-0.2, -0.15) is 0 Å². The van der Waals surface area contributed by atoms with Gasteiger partial charge in [-0.25, -0.2) is 0 Å². The molecular formula is C25H25N. The Kier molecular flexibility index (Phi) is 5.70. The van der Waals surface area contributed by atoms with Crippen molar-refractivity contribution in [3.63, 3.8) is 0 Å². The summed E-state index contributed by atoms with van der Waals surface area (Å²) < 4.78 is 0. The third-order valence-corrected chi connectivity index (χ3v) is 4.41. The lowest BCUT2D eigenvalue weighted by Gasteiger charge is -2.25. The van der Waals surface area contributed by atoms with E-state index in [1.807, 2.05) is 13.0 Å². The van der Waals surface area contributed by atoms with E-state index < -0.39 is 0 Å². The number of hydrogen-bond acceptors (Lipinski definition) is 1. The van der Waals surface area contributed by atoms with Crippen molar-refractivity contribution in [1.82, 2.24) is 0 Å². The molecular weight excluding hydrogens is 314 g/mol. The standard InChI is InChI=1S/C25H25N/c1-4-5-6-9-17-26-19-23(22-12-10-11-20(2)18-22)16-15-21(3)24-13-7-8-14-25(24)26/h4-16,18-19H,3,17H2,1-2H3/b5-4-,9-6-,16-15-,23-19+. The Bertz CT molecular complexity index is 909. The van der Waals surface area contributed by atoms with Gasteiger partial charge in [-0.3, -0.25) is 0 Å². The minimum Gasteiger partial charge on any atom is -0.343 e. The van der Waals surface area contributed by atoms with Crippen molar-refractivity contribution in [1.29, 1.82) is 0 Å². The van der Waals surface area contributed by atoms with Gasteiger partial charge in [0.05, 0.1) is 0 Å². The van der Waals surface area contributed by atoms with Gasteiger partial charge in [0.2, 0.25) is 0 Å². The van der Waals surface area contributed by atoms with E-state index in [-0.39, 0.29) is 0 Å². The Morgan fingerprint density at radius 1 is 1.00 bits per heavy atom. The van der Waals surface area contributed by atoms with Gasteiger partial charge in [-0.1, -0.05) is 91.1 Å². The second-order valence-electron chi connectivity index (χ2n) is 6.44. The second-order valence-corrected chi connectivity index (χ2v) is 6.44. The minimum atomic E-state index is 0.803. The van der Waals surface area contributed by atoms with Crippen LogP contribution in [0.25, 0.3) is 11.1 Å². The van der Waals surface area contributed by atoms with Crippen LogP contribution in [0.4, 0.5) is 5.69 Å². The van der Waals surface area contributed by atoms with Crippen LogP contribution in [0.5, 0.6) is 0 Å². The first-order valence-electron chi connectivity index (χ1n) is 8.99. The number of para-hydroxylation sites is 1. The Labute approximate surface area is 157 Å². The molecule has 1 heteroatoms. The van der Waals surface area contributed by atoms with Crippen LogP contribution < -0.4 is 4.90 Å². The predicted molar refractivity (Wildman–Crippen MR) is 115 cm³/mol. The number of rotatable bonds is 4. The molecule has 0 spiro atoms. The molecule has 0 atom stereocenters. The number of benzene rings is 2. The number of fused-ring (bicyclic) bond motifs is 1. The number of allylic oxidation sites excluding steroid dienone is 7. The summed E-state index contributed by atoms with van der Waals surface area (Å²) in [4.78, 5) is 2.29. The smallest absolute Gasteiger partial charge is 0.0488 e. The Balaban J connectivity index is 2.08. The molecule has 0 N–H and O–H groups in total. The van der Waals surface area contributed by atoms with Gasteiger partial charge in [-0.05, 0) is 36.6 Å². The van der Waals surface area contributed by atoms with Gasteiger partial charge < -0.3 is 4.90 Å². The molecule has 130 valence electrons. The van der Waals surface area contributed by atoms with E-state index in [0.717, 1.165) is 12.1 Å². The van der Waals surface area contributed by atoms with Crippen molar-refractivity contribution < 1.29 is 0 Å². The number of nitrogens with zero attached hydrogens (tertiary/aromatic N) is 1. The maximum absolute atomic E-state index is 4.28. The first-order chi connectivity index (χ1) is 12.7. The lowest BCUT2D eigenvalue weighted by Crippen LogP contribution is -2.18. The van der Waals surface area contributed by atoms with Gasteiger partial charge in [0, 0.05) is 24.0 Å². The molecule has 0 aromatic heterocycles. The largest absolute Gasteiger partial charge is 0.343 e. The maximum atomic E-state index is 4.28. The lowest BCUT2D eigenvalue weighted by molar-refractivity contribution is 1.08. The Hall–Kier alpha value is -3.06. The highest BCUT2D eigenvalue weighted by Gasteiger charge is 2.13. The summed E-state index contributed by atoms with van der Waals surface area (Å²) in [6, 6.07) is 17.1. The molecule has 0 radical (unpaired) electrons. The average Bonchev–Trinajstić information content (AvgIpc) is 2.65. The Morgan fingerprint density at radius 3 is 2.65 bits per heavy atom. The quantitative estimate of drug-likeness (QED) is 0.570. The third kappa shape index (κ3) is 4.12.